The Bertz CT molecular complexity index is 672. The number of ether oxygens (including phenoxy) is 1. The van der Waals surface area contributed by atoms with E-state index in [0.717, 1.165) is 25.5 Å². The van der Waals surface area contributed by atoms with Crippen LogP contribution in [0.5, 0.6) is 0 Å². The van der Waals surface area contributed by atoms with Gasteiger partial charge in [-0.15, -0.1) is 11.3 Å². The van der Waals surface area contributed by atoms with Crippen molar-refractivity contribution in [3.05, 3.63) is 21.9 Å². The first-order valence-corrected chi connectivity index (χ1v) is 11.1. The van der Waals surface area contributed by atoms with Gasteiger partial charge in [-0.1, -0.05) is 0 Å². The lowest BCUT2D eigenvalue weighted by Crippen LogP contribution is -2.67. The largest absolute Gasteiger partial charge is 0.381 e. The minimum atomic E-state index is -2.97. The lowest BCUT2D eigenvalue weighted by atomic mass is 9.83. The van der Waals surface area contributed by atoms with Crippen molar-refractivity contribution in [3.8, 4) is 0 Å². The molecule has 2 aliphatic heterocycles. The standard InChI is InChI=1S/C17H25NO3S2/c1-13-4-6-22-16(13)8-18-11-17(12-18)15(5-7-23(17,19)20)10-21-9-14-2-3-14/h4,6,14-15H,2-3,5,7-12H2,1H3/t15-/m0/s1. The van der Waals surface area contributed by atoms with Crippen LogP contribution in [0.4, 0.5) is 0 Å². The molecule has 1 saturated carbocycles. The van der Waals surface area contributed by atoms with E-state index in [1.54, 1.807) is 11.3 Å². The van der Waals surface area contributed by atoms with Gasteiger partial charge < -0.3 is 4.74 Å². The molecule has 0 N–H and O–H groups in total. The van der Waals surface area contributed by atoms with Gasteiger partial charge in [0.15, 0.2) is 9.84 Å². The van der Waals surface area contributed by atoms with Gasteiger partial charge in [0, 0.05) is 37.0 Å². The van der Waals surface area contributed by atoms with Crippen LogP contribution < -0.4 is 0 Å². The molecule has 0 amide bonds. The molecule has 0 aromatic carbocycles. The van der Waals surface area contributed by atoms with E-state index in [2.05, 4.69) is 23.3 Å². The maximum atomic E-state index is 12.6. The average Bonchev–Trinajstić information content (AvgIpc) is 3.14. The topological polar surface area (TPSA) is 46.6 Å². The van der Waals surface area contributed by atoms with E-state index in [4.69, 9.17) is 4.74 Å². The summed E-state index contributed by atoms with van der Waals surface area (Å²) in [6.07, 6.45) is 3.34. The average molecular weight is 356 g/mol. The van der Waals surface area contributed by atoms with Gasteiger partial charge in [0.2, 0.25) is 0 Å². The molecule has 3 heterocycles. The molecule has 2 saturated heterocycles. The maximum absolute atomic E-state index is 12.6. The van der Waals surface area contributed by atoms with E-state index in [1.807, 2.05) is 0 Å². The molecule has 4 rings (SSSR count). The Balaban J connectivity index is 1.39. The first kappa shape index (κ1) is 16.1. The van der Waals surface area contributed by atoms with Crippen LogP contribution in [0.2, 0.25) is 0 Å². The Morgan fingerprint density at radius 3 is 2.74 bits per heavy atom. The molecule has 1 aromatic rings. The molecule has 0 bridgehead atoms. The van der Waals surface area contributed by atoms with Crippen molar-refractivity contribution in [2.75, 3.05) is 32.1 Å². The fourth-order valence-corrected chi connectivity index (χ4v) is 7.36. The van der Waals surface area contributed by atoms with Crippen LogP contribution in [0.15, 0.2) is 11.4 Å². The van der Waals surface area contributed by atoms with Crippen molar-refractivity contribution in [2.24, 2.45) is 11.8 Å². The van der Waals surface area contributed by atoms with Crippen molar-refractivity contribution >= 4 is 21.2 Å². The number of aryl methyl sites for hydroxylation is 1. The molecule has 6 heteroatoms. The smallest absolute Gasteiger partial charge is 0.158 e. The predicted octanol–water partition coefficient (Wildman–Crippen LogP) is 2.47. The van der Waals surface area contributed by atoms with E-state index in [-0.39, 0.29) is 5.92 Å². The summed E-state index contributed by atoms with van der Waals surface area (Å²) in [4.78, 5) is 3.65. The van der Waals surface area contributed by atoms with Gasteiger partial charge in [-0.3, -0.25) is 4.90 Å². The van der Waals surface area contributed by atoms with Crippen LogP contribution in [0.3, 0.4) is 0 Å². The first-order chi connectivity index (χ1) is 11.0. The zero-order chi connectivity index (χ0) is 16.1. The highest BCUT2D eigenvalue weighted by molar-refractivity contribution is 7.93. The summed E-state index contributed by atoms with van der Waals surface area (Å²) in [7, 11) is -2.97. The van der Waals surface area contributed by atoms with Gasteiger partial charge in [-0.2, -0.15) is 0 Å². The van der Waals surface area contributed by atoms with E-state index < -0.39 is 14.6 Å². The van der Waals surface area contributed by atoms with Gasteiger partial charge in [0.1, 0.15) is 4.75 Å². The monoisotopic (exact) mass is 355 g/mol. The second-order valence-corrected chi connectivity index (χ2v) is 11.0. The van der Waals surface area contributed by atoms with Gasteiger partial charge in [0.05, 0.1) is 12.4 Å². The van der Waals surface area contributed by atoms with Crippen LogP contribution in [-0.2, 0) is 21.1 Å². The highest BCUT2D eigenvalue weighted by Gasteiger charge is 2.61. The summed E-state index contributed by atoms with van der Waals surface area (Å²) in [6.45, 7) is 5.83. The lowest BCUT2D eigenvalue weighted by molar-refractivity contribution is 0.0230. The normalized spacial score (nSPS) is 29.0. The number of rotatable bonds is 6. The third-order valence-corrected chi connectivity index (χ3v) is 9.40. The molecule has 4 nitrogen and oxygen atoms in total. The second-order valence-electron chi connectivity index (χ2n) is 7.52. The summed E-state index contributed by atoms with van der Waals surface area (Å²) in [6, 6.07) is 2.14. The molecule has 3 fully saturated rings. The highest BCUT2D eigenvalue weighted by atomic mass is 32.2. The fourth-order valence-electron chi connectivity index (χ4n) is 3.96. The molecule has 23 heavy (non-hydrogen) atoms. The Labute approximate surface area is 142 Å². The molecular weight excluding hydrogens is 330 g/mol. The van der Waals surface area contributed by atoms with E-state index in [1.165, 1.54) is 23.3 Å². The highest BCUT2D eigenvalue weighted by Crippen LogP contribution is 2.45. The lowest BCUT2D eigenvalue weighted by Gasteiger charge is -2.50. The second kappa shape index (κ2) is 5.83. The van der Waals surface area contributed by atoms with Crippen LogP contribution in [0, 0.1) is 18.8 Å². The molecule has 1 aliphatic carbocycles. The molecule has 3 aliphatic rings. The fraction of sp³-hybridized carbons (Fsp3) is 0.765. The Kier molecular flexibility index (Phi) is 4.07. The number of hydrogen-bond donors (Lipinski definition) is 0. The van der Waals surface area contributed by atoms with Crippen molar-refractivity contribution in [1.29, 1.82) is 0 Å². The van der Waals surface area contributed by atoms with Gasteiger partial charge >= 0.3 is 0 Å². The molecule has 0 radical (unpaired) electrons. The van der Waals surface area contributed by atoms with Gasteiger partial charge in [-0.25, -0.2) is 8.42 Å². The number of sulfone groups is 1. The van der Waals surface area contributed by atoms with Crippen molar-refractivity contribution in [3.63, 3.8) is 0 Å². The van der Waals surface area contributed by atoms with Crippen LogP contribution in [0.25, 0.3) is 0 Å². The molecule has 1 atom stereocenters. The first-order valence-electron chi connectivity index (χ1n) is 8.55. The summed E-state index contributed by atoms with van der Waals surface area (Å²) in [5, 5.41) is 2.11. The summed E-state index contributed by atoms with van der Waals surface area (Å²) < 4.78 is 30.6. The molecule has 0 unspecified atom stereocenters. The van der Waals surface area contributed by atoms with Crippen molar-refractivity contribution < 1.29 is 13.2 Å². The minimum absolute atomic E-state index is 0.187. The quantitative estimate of drug-likeness (QED) is 0.786. The van der Waals surface area contributed by atoms with Crippen LogP contribution in [-0.4, -0.2) is 50.1 Å². The van der Waals surface area contributed by atoms with E-state index in [9.17, 15) is 8.42 Å². The molecule has 1 spiro atoms. The number of nitrogens with zero attached hydrogens (tertiary/aromatic N) is 1. The summed E-state index contributed by atoms with van der Waals surface area (Å²) in [5.74, 6) is 1.27. The molecule has 1 aromatic heterocycles. The van der Waals surface area contributed by atoms with Crippen molar-refractivity contribution in [2.45, 2.75) is 37.5 Å². The van der Waals surface area contributed by atoms with Gasteiger partial charge in [0.25, 0.3) is 0 Å². The van der Waals surface area contributed by atoms with E-state index >= 15 is 0 Å². The van der Waals surface area contributed by atoms with Crippen molar-refractivity contribution in [1.82, 2.24) is 4.90 Å². The SMILES string of the molecule is Cc1ccsc1CN1CC2(C1)[C@H](COCC1CC1)CCS2(=O)=O. The Morgan fingerprint density at radius 1 is 1.30 bits per heavy atom. The van der Waals surface area contributed by atoms with E-state index in [0.29, 0.717) is 25.4 Å². The van der Waals surface area contributed by atoms with Crippen LogP contribution in [0.1, 0.15) is 29.7 Å². The maximum Gasteiger partial charge on any atom is 0.158 e. The summed E-state index contributed by atoms with van der Waals surface area (Å²) in [5.41, 5.74) is 1.31. The zero-order valence-electron chi connectivity index (χ0n) is 13.7. The minimum Gasteiger partial charge on any atom is -0.381 e. The summed E-state index contributed by atoms with van der Waals surface area (Å²) >= 11 is 1.77. The number of hydrogen-bond acceptors (Lipinski definition) is 5. The Morgan fingerprint density at radius 2 is 2.09 bits per heavy atom. The number of thiophene rings is 1. The Hall–Kier alpha value is -0.430. The molecular formula is C17H25NO3S2. The number of likely N-dealkylation sites (tertiary alicyclic amines) is 1. The van der Waals surface area contributed by atoms with Gasteiger partial charge in [-0.05, 0) is 49.1 Å². The third-order valence-electron chi connectivity index (χ3n) is 5.79. The van der Waals surface area contributed by atoms with Crippen LogP contribution >= 0.6 is 11.3 Å². The third kappa shape index (κ3) is 2.88. The zero-order valence-corrected chi connectivity index (χ0v) is 15.3. The molecule has 128 valence electrons. The predicted molar refractivity (Wildman–Crippen MR) is 92.5 cm³/mol.